The van der Waals surface area contributed by atoms with Gasteiger partial charge in [-0.1, -0.05) is 12.1 Å². The Balaban J connectivity index is 1.78. The van der Waals surface area contributed by atoms with Crippen molar-refractivity contribution in [3.8, 4) is 0 Å². The minimum Gasteiger partial charge on any atom is -0.332 e. The summed E-state index contributed by atoms with van der Waals surface area (Å²) in [6, 6.07) is 5.61. The van der Waals surface area contributed by atoms with Gasteiger partial charge < -0.3 is 15.5 Å². The molecule has 1 aliphatic heterocycles. The van der Waals surface area contributed by atoms with E-state index in [1.165, 1.54) is 15.9 Å². The monoisotopic (exact) mass is 291 g/mol. The largest absolute Gasteiger partial charge is 0.332 e. The van der Waals surface area contributed by atoms with Gasteiger partial charge in [-0.2, -0.15) is 0 Å². The minimum atomic E-state index is -0.791. The van der Waals surface area contributed by atoms with E-state index in [-0.39, 0.29) is 17.5 Å². The van der Waals surface area contributed by atoms with E-state index < -0.39 is 17.4 Å². The molecule has 6 heteroatoms. The molecule has 0 unspecified atom stereocenters. The number of halogens is 1. The molecular weight excluding hydrogens is 273 g/mol. The molecule has 2 N–H and O–H groups in total. The van der Waals surface area contributed by atoms with E-state index in [4.69, 9.17) is 5.73 Å². The molecule has 1 aromatic rings. The maximum atomic E-state index is 13.8. The fraction of sp³-hybridized carbons (Fsp3) is 0.467. The number of carbonyl (C=O) groups is 2. The maximum Gasteiger partial charge on any atom is 0.249 e. The van der Waals surface area contributed by atoms with Gasteiger partial charge in [0.25, 0.3) is 0 Å². The first-order chi connectivity index (χ1) is 9.94. The Hall–Kier alpha value is -1.95. The maximum absolute atomic E-state index is 13.8. The second-order valence-electron chi connectivity index (χ2n) is 5.82. The summed E-state index contributed by atoms with van der Waals surface area (Å²) in [4.78, 5) is 27.5. The Morgan fingerprint density at radius 2 is 2.10 bits per heavy atom. The van der Waals surface area contributed by atoms with Crippen molar-refractivity contribution < 1.29 is 14.0 Å². The van der Waals surface area contributed by atoms with Gasteiger partial charge in [-0.15, -0.1) is 0 Å². The van der Waals surface area contributed by atoms with Gasteiger partial charge in [0, 0.05) is 13.6 Å². The Kier molecular flexibility index (Phi) is 3.20. The molecule has 5 nitrogen and oxygen atoms in total. The molecule has 1 atom stereocenters. The van der Waals surface area contributed by atoms with Crippen molar-refractivity contribution in [2.24, 2.45) is 5.73 Å². The quantitative estimate of drug-likeness (QED) is 0.899. The summed E-state index contributed by atoms with van der Waals surface area (Å²) in [7, 11) is 1.60. The predicted octanol–water partition coefficient (Wildman–Crippen LogP) is 0.881. The number of amides is 2. The average Bonchev–Trinajstić information content (AvgIpc) is 3.11. The molecule has 0 aromatic heterocycles. The number of benzene rings is 1. The summed E-state index contributed by atoms with van der Waals surface area (Å²) in [5.41, 5.74) is 5.37. The van der Waals surface area contributed by atoms with Crippen molar-refractivity contribution in [3.63, 3.8) is 0 Å². The van der Waals surface area contributed by atoms with Crippen LogP contribution in [0.1, 0.15) is 19.3 Å². The molecule has 1 aliphatic carbocycles. The van der Waals surface area contributed by atoms with E-state index >= 15 is 0 Å². The molecule has 0 bridgehead atoms. The first-order valence-corrected chi connectivity index (χ1v) is 7.06. The standard InChI is InChI=1S/C15H18FN3O2/c1-18(14(21)15(17)7-8-15)12-6-9-19(13(12)20)11-5-3-2-4-10(11)16/h2-5,12H,6-9,17H2,1H3/t12-/m0/s1. The number of likely N-dealkylation sites (N-methyl/N-ethyl adjacent to an activating group) is 1. The summed E-state index contributed by atoms with van der Waals surface area (Å²) >= 11 is 0. The van der Waals surface area contributed by atoms with Crippen LogP contribution < -0.4 is 10.6 Å². The number of para-hydroxylation sites is 1. The number of nitrogens with two attached hydrogens (primary N) is 1. The summed E-state index contributed by atoms with van der Waals surface area (Å²) in [5.74, 6) is -0.880. The molecule has 1 heterocycles. The van der Waals surface area contributed by atoms with E-state index in [1.54, 1.807) is 25.2 Å². The Morgan fingerprint density at radius 3 is 2.71 bits per heavy atom. The van der Waals surface area contributed by atoms with E-state index in [9.17, 15) is 14.0 Å². The van der Waals surface area contributed by atoms with Gasteiger partial charge in [-0.05, 0) is 31.4 Å². The van der Waals surface area contributed by atoms with Gasteiger partial charge in [0.05, 0.1) is 11.2 Å². The van der Waals surface area contributed by atoms with Crippen LogP contribution in [0.2, 0.25) is 0 Å². The Labute approximate surface area is 122 Å². The van der Waals surface area contributed by atoms with Crippen LogP contribution in [0.3, 0.4) is 0 Å². The fourth-order valence-corrected chi connectivity index (χ4v) is 2.78. The van der Waals surface area contributed by atoms with Crippen molar-refractivity contribution in [3.05, 3.63) is 30.1 Å². The lowest BCUT2D eigenvalue weighted by Crippen LogP contribution is -2.50. The zero-order chi connectivity index (χ0) is 15.2. The van der Waals surface area contributed by atoms with Crippen molar-refractivity contribution >= 4 is 17.5 Å². The second-order valence-corrected chi connectivity index (χ2v) is 5.82. The van der Waals surface area contributed by atoms with E-state index in [1.807, 2.05) is 0 Å². The third-order valence-corrected chi connectivity index (χ3v) is 4.32. The highest BCUT2D eigenvalue weighted by Gasteiger charge is 2.50. The molecule has 2 amide bonds. The van der Waals surface area contributed by atoms with Gasteiger partial charge in [-0.3, -0.25) is 9.59 Å². The molecule has 1 aromatic carbocycles. The van der Waals surface area contributed by atoms with Crippen LogP contribution in [0.4, 0.5) is 10.1 Å². The van der Waals surface area contributed by atoms with Crippen molar-refractivity contribution in [2.45, 2.75) is 30.8 Å². The smallest absolute Gasteiger partial charge is 0.249 e. The molecule has 0 spiro atoms. The van der Waals surface area contributed by atoms with Crippen LogP contribution in [0.25, 0.3) is 0 Å². The van der Waals surface area contributed by atoms with E-state index in [0.717, 1.165) is 0 Å². The Morgan fingerprint density at radius 1 is 1.43 bits per heavy atom. The van der Waals surface area contributed by atoms with Crippen molar-refractivity contribution in [2.75, 3.05) is 18.5 Å². The SMILES string of the molecule is CN(C(=O)C1(N)CC1)[C@H]1CCN(c2ccccc2F)C1=O. The van der Waals surface area contributed by atoms with Crippen molar-refractivity contribution in [1.82, 2.24) is 4.90 Å². The van der Waals surface area contributed by atoms with Gasteiger partial charge in [0.2, 0.25) is 11.8 Å². The summed E-state index contributed by atoms with van der Waals surface area (Å²) in [5, 5.41) is 0. The molecule has 21 heavy (non-hydrogen) atoms. The van der Waals surface area contributed by atoms with Crippen LogP contribution in [-0.2, 0) is 9.59 Å². The highest BCUT2D eigenvalue weighted by molar-refractivity contribution is 6.02. The normalized spacial score (nSPS) is 23.3. The molecule has 0 radical (unpaired) electrons. The fourth-order valence-electron chi connectivity index (χ4n) is 2.78. The Bertz CT molecular complexity index is 600. The first-order valence-electron chi connectivity index (χ1n) is 7.06. The third-order valence-electron chi connectivity index (χ3n) is 4.32. The lowest BCUT2D eigenvalue weighted by Gasteiger charge is -2.26. The molecule has 1 saturated carbocycles. The number of carbonyl (C=O) groups excluding carboxylic acids is 2. The summed E-state index contributed by atoms with van der Waals surface area (Å²) in [6.45, 7) is 0.402. The van der Waals surface area contributed by atoms with Gasteiger partial charge in [0.1, 0.15) is 11.9 Å². The van der Waals surface area contributed by atoms with Gasteiger partial charge in [0.15, 0.2) is 0 Å². The topological polar surface area (TPSA) is 66.6 Å². The molecular formula is C15H18FN3O2. The minimum absolute atomic E-state index is 0.198. The second kappa shape index (κ2) is 4.80. The molecule has 112 valence electrons. The molecule has 3 rings (SSSR count). The molecule has 2 aliphatic rings. The van der Waals surface area contributed by atoms with Crippen LogP contribution in [0.5, 0.6) is 0 Å². The highest BCUT2D eigenvalue weighted by Crippen LogP contribution is 2.35. The lowest BCUT2D eigenvalue weighted by molar-refractivity contribution is -0.138. The highest BCUT2D eigenvalue weighted by atomic mass is 19.1. The molecule has 2 fully saturated rings. The van der Waals surface area contributed by atoms with Crippen LogP contribution in [0, 0.1) is 5.82 Å². The molecule has 1 saturated heterocycles. The summed E-state index contributed by atoms with van der Waals surface area (Å²) in [6.07, 6.45) is 1.81. The number of anilines is 1. The predicted molar refractivity (Wildman–Crippen MR) is 76.1 cm³/mol. The first kappa shape index (κ1) is 14.0. The van der Waals surface area contributed by atoms with Crippen LogP contribution in [0.15, 0.2) is 24.3 Å². The number of hydrogen-bond acceptors (Lipinski definition) is 3. The van der Waals surface area contributed by atoms with Gasteiger partial charge in [-0.25, -0.2) is 4.39 Å². The number of hydrogen-bond donors (Lipinski definition) is 1. The van der Waals surface area contributed by atoms with E-state index in [2.05, 4.69) is 0 Å². The average molecular weight is 291 g/mol. The van der Waals surface area contributed by atoms with Crippen LogP contribution in [-0.4, -0.2) is 41.9 Å². The van der Waals surface area contributed by atoms with Gasteiger partial charge >= 0.3 is 0 Å². The zero-order valence-corrected chi connectivity index (χ0v) is 11.9. The van der Waals surface area contributed by atoms with E-state index in [0.29, 0.717) is 25.8 Å². The third kappa shape index (κ3) is 2.29. The zero-order valence-electron chi connectivity index (χ0n) is 11.9. The lowest BCUT2D eigenvalue weighted by atomic mass is 10.1. The summed E-state index contributed by atoms with van der Waals surface area (Å²) < 4.78 is 13.8. The number of nitrogens with zero attached hydrogens (tertiary/aromatic N) is 2. The number of rotatable bonds is 3. The van der Waals surface area contributed by atoms with Crippen molar-refractivity contribution in [1.29, 1.82) is 0 Å². The van der Waals surface area contributed by atoms with Crippen LogP contribution >= 0.6 is 0 Å².